The molecule has 0 saturated carbocycles. The van der Waals surface area contributed by atoms with Gasteiger partial charge in [-0.05, 0) is 50.2 Å². The molecule has 0 aromatic carbocycles. The van der Waals surface area contributed by atoms with Gasteiger partial charge in [-0.25, -0.2) is 4.79 Å². The molecule has 15 heteroatoms. The third-order valence-corrected chi connectivity index (χ3v) is 4.66. The minimum absolute atomic E-state index is 0.0629. The lowest BCUT2D eigenvalue weighted by Gasteiger charge is -2.11. The van der Waals surface area contributed by atoms with Crippen molar-refractivity contribution in [3.05, 3.63) is 47.5 Å². The number of rotatable bonds is 4. The lowest BCUT2D eigenvalue weighted by Crippen LogP contribution is -2.21. The lowest BCUT2D eigenvalue weighted by atomic mass is 10.3. The highest BCUT2D eigenvalue weighted by Crippen LogP contribution is 2.29. The molecule has 1 aliphatic heterocycles. The molecule has 1 aliphatic rings. The maximum atomic E-state index is 12.9. The van der Waals surface area contributed by atoms with Crippen LogP contribution in [-0.4, -0.2) is 55.7 Å². The molecule has 1 amide bonds. The van der Waals surface area contributed by atoms with Crippen molar-refractivity contribution >= 4 is 23.5 Å². The van der Waals surface area contributed by atoms with Gasteiger partial charge in [-0.15, -0.1) is 10.2 Å². The number of likely N-dealkylation sites (tertiary alicyclic amines) is 1. The van der Waals surface area contributed by atoms with Gasteiger partial charge >= 0.3 is 18.3 Å². The van der Waals surface area contributed by atoms with Gasteiger partial charge in [0.05, 0.1) is 12.1 Å². The summed E-state index contributed by atoms with van der Waals surface area (Å²) < 4.78 is 77.0. The fourth-order valence-corrected chi connectivity index (χ4v) is 3.05. The summed E-state index contributed by atoms with van der Waals surface area (Å²) in [7, 11) is 0. The molecule has 0 atom stereocenters. The first-order valence-corrected chi connectivity index (χ1v) is 9.69. The molecular formula is C19H17F6N5O4. The molecule has 0 aliphatic carbocycles. The quantitative estimate of drug-likeness (QED) is 0.532. The number of furan rings is 1. The smallest absolute Gasteiger partial charge is 0.475 e. The Kier molecular flexibility index (Phi) is 7.14. The van der Waals surface area contributed by atoms with E-state index in [1.807, 2.05) is 0 Å². The van der Waals surface area contributed by atoms with Gasteiger partial charge in [0.1, 0.15) is 5.76 Å². The first-order chi connectivity index (χ1) is 15.8. The number of carboxylic acids is 1. The van der Waals surface area contributed by atoms with Gasteiger partial charge < -0.3 is 9.52 Å². The molecule has 184 valence electrons. The average Bonchev–Trinajstić information content (AvgIpc) is 3.49. The van der Waals surface area contributed by atoms with Crippen LogP contribution in [0.1, 0.15) is 34.7 Å². The molecule has 3 aromatic heterocycles. The van der Waals surface area contributed by atoms with Crippen LogP contribution in [0.2, 0.25) is 0 Å². The molecule has 0 spiro atoms. The van der Waals surface area contributed by atoms with E-state index in [1.54, 1.807) is 6.07 Å². The number of anilines is 1. The number of pyridine rings is 1. The Morgan fingerprint density at radius 1 is 1.03 bits per heavy atom. The number of hydrogen-bond acceptors (Lipinski definition) is 6. The van der Waals surface area contributed by atoms with Crippen LogP contribution >= 0.6 is 0 Å². The van der Waals surface area contributed by atoms with Crippen LogP contribution in [0.5, 0.6) is 0 Å². The third kappa shape index (κ3) is 6.24. The highest BCUT2D eigenvalue weighted by atomic mass is 19.4. The van der Waals surface area contributed by atoms with E-state index in [1.165, 1.54) is 12.1 Å². The Labute approximate surface area is 187 Å². The highest BCUT2D eigenvalue weighted by Gasteiger charge is 2.38. The number of halogens is 6. The third-order valence-electron chi connectivity index (χ3n) is 4.66. The molecule has 0 radical (unpaired) electrons. The van der Waals surface area contributed by atoms with E-state index in [0.29, 0.717) is 12.3 Å². The van der Waals surface area contributed by atoms with Crippen LogP contribution in [-0.2, 0) is 17.5 Å². The summed E-state index contributed by atoms with van der Waals surface area (Å²) in [6, 6.07) is 5.35. The van der Waals surface area contributed by atoms with Gasteiger partial charge in [0.2, 0.25) is 5.95 Å². The van der Waals surface area contributed by atoms with Gasteiger partial charge in [-0.1, -0.05) is 0 Å². The molecule has 9 nitrogen and oxygen atoms in total. The minimum Gasteiger partial charge on any atom is -0.475 e. The molecule has 4 rings (SSSR count). The van der Waals surface area contributed by atoms with Crippen molar-refractivity contribution in [1.29, 1.82) is 0 Å². The van der Waals surface area contributed by atoms with Crippen molar-refractivity contribution < 1.29 is 45.5 Å². The molecule has 0 bridgehead atoms. The number of alkyl halides is 6. The Balaban J connectivity index is 0.000000406. The van der Waals surface area contributed by atoms with Gasteiger partial charge in [-0.3, -0.25) is 19.4 Å². The van der Waals surface area contributed by atoms with Crippen LogP contribution in [0.25, 0.3) is 5.65 Å². The van der Waals surface area contributed by atoms with E-state index >= 15 is 0 Å². The summed E-state index contributed by atoms with van der Waals surface area (Å²) in [5, 5.41) is 17.1. The molecule has 2 N–H and O–H groups in total. The predicted octanol–water partition coefficient (Wildman–Crippen LogP) is 3.82. The van der Waals surface area contributed by atoms with E-state index in [0.717, 1.165) is 42.6 Å². The second-order valence-corrected chi connectivity index (χ2v) is 7.17. The molecule has 1 fully saturated rings. The van der Waals surface area contributed by atoms with Crippen molar-refractivity contribution in [1.82, 2.24) is 19.5 Å². The zero-order valence-electron chi connectivity index (χ0n) is 17.2. The van der Waals surface area contributed by atoms with E-state index in [9.17, 15) is 31.1 Å². The molecule has 1 saturated heterocycles. The number of aliphatic carboxylic acids is 1. The Hall–Kier alpha value is -3.62. The number of fused-ring (bicyclic) bond motifs is 1. The van der Waals surface area contributed by atoms with E-state index < -0.39 is 29.8 Å². The second-order valence-electron chi connectivity index (χ2n) is 7.17. The topological polar surface area (TPSA) is 113 Å². The fraction of sp³-hybridized carbons (Fsp3) is 0.368. The Morgan fingerprint density at radius 3 is 2.26 bits per heavy atom. The summed E-state index contributed by atoms with van der Waals surface area (Å²) in [5.41, 5.74) is -0.677. The predicted molar refractivity (Wildman–Crippen MR) is 103 cm³/mol. The van der Waals surface area contributed by atoms with Crippen molar-refractivity contribution in [2.75, 3.05) is 18.4 Å². The minimum atomic E-state index is -5.08. The van der Waals surface area contributed by atoms with Crippen molar-refractivity contribution in [3.63, 3.8) is 0 Å². The normalized spacial score (nSPS) is 14.6. The number of amides is 1. The van der Waals surface area contributed by atoms with Gasteiger partial charge in [0.15, 0.2) is 11.4 Å². The first-order valence-electron chi connectivity index (χ1n) is 9.69. The first kappa shape index (κ1) is 25.0. The van der Waals surface area contributed by atoms with Crippen molar-refractivity contribution in [2.45, 2.75) is 31.7 Å². The van der Waals surface area contributed by atoms with Gasteiger partial charge in [0, 0.05) is 6.20 Å². The van der Waals surface area contributed by atoms with Gasteiger partial charge in [0.25, 0.3) is 5.91 Å². The number of hydrogen-bond donors (Lipinski definition) is 2. The SMILES string of the molecule is O=C(Nc1nnc2ccc(C(F)(F)F)cn12)c1ccc(CN2CCCC2)o1.O=C(O)C(F)(F)F. The summed E-state index contributed by atoms with van der Waals surface area (Å²) in [4.78, 5) is 23.5. The average molecular weight is 493 g/mol. The second kappa shape index (κ2) is 9.70. The summed E-state index contributed by atoms with van der Waals surface area (Å²) in [5.74, 6) is -2.75. The Bertz CT molecular complexity index is 1160. The molecular weight excluding hydrogens is 476 g/mol. The largest absolute Gasteiger partial charge is 0.490 e. The maximum Gasteiger partial charge on any atom is 0.490 e. The molecule has 3 aromatic rings. The zero-order valence-corrected chi connectivity index (χ0v) is 17.2. The van der Waals surface area contributed by atoms with Crippen LogP contribution in [0, 0.1) is 0 Å². The van der Waals surface area contributed by atoms with E-state index in [4.69, 9.17) is 14.3 Å². The van der Waals surface area contributed by atoms with Gasteiger partial charge in [-0.2, -0.15) is 26.3 Å². The molecule has 4 heterocycles. The van der Waals surface area contributed by atoms with Crippen LogP contribution in [0.4, 0.5) is 32.3 Å². The molecule has 0 unspecified atom stereocenters. The number of nitrogens with one attached hydrogen (secondary N) is 1. The van der Waals surface area contributed by atoms with Crippen molar-refractivity contribution in [3.8, 4) is 0 Å². The number of carbonyl (C=O) groups excluding carboxylic acids is 1. The number of aromatic nitrogens is 3. The number of nitrogens with zero attached hydrogens (tertiary/aromatic N) is 4. The number of carboxylic acid groups (broad SMARTS) is 1. The van der Waals surface area contributed by atoms with Crippen LogP contribution in [0.3, 0.4) is 0 Å². The summed E-state index contributed by atoms with van der Waals surface area (Å²) >= 11 is 0. The van der Waals surface area contributed by atoms with Crippen molar-refractivity contribution in [2.24, 2.45) is 0 Å². The summed E-state index contributed by atoms with van der Waals surface area (Å²) in [6.07, 6.45) is -6.46. The highest BCUT2D eigenvalue weighted by molar-refractivity contribution is 6.01. The Morgan fingerprint density at radius 2 is 1.68 bits per heavy atom. The standard InChI is InChI=1S/C17H16F3N5O2.C2HF3O2/c18-17(19,20)11-3-6-14-22-23-16(25(14)9-11)21-15(26)13-5-4-12(27-13)10-24-7-1-2-8-24;3-2(4,5)1(6)7/h3-6,9H,1-2,7-8,10H2,(H,21,23,26);(H,6,7). The van der Waals surface area contributed by atoms with E-state index in [2.05, 4.69) is 20.4 Å². The zero-order chi connectivity index (χ0) is 25.1. The van der Waals surface area contributed by atoms with Crippen LogP contribution in [0.15, 0.2) is 34.9 Å². The molecule has 34 heavy (non-hydrogen) atoms. The monoisotopic (exact) mass is 493 g/mol. The maximum absolute atomic E-state index is 12.9. The van der Waals surface area contributed by atoms with Crippen LogP contribution < -0.4 is 5.32 Å². The summed E-state index contributed by atoms with van der Waals surface area (Å²) in [6.45, 7) is 2.61. The van der Waals surface area contributed by atoms with E-state index in [-0.39, 0.29) is 17.4 Å². The fourth-order valence-electron chi connectivity index (χ4n) is 3.05. The lowest BCUT2D eigenvalue weighted by molar-refractivity contribution is -0.192. The number of carbonyl (C=O) groups is 2.